The van der Waals surface area contributed by atoms with Gasteiger partial charge in [0.15, 0.2) is 10.7 Å². The molecule has 0 aliphatic carbocycles. The number of hydrogen-bond acceptors (Lipinski definition) is 3. The molecule has 0 N–H and O–H groups in total. The number of hydrogen-bond donors (Lipinski definition) is 0. The number of halogens is 1. The van der Waals surface area contributed by atoms with E-state index in [2.05, 4.69) is 4.98 Å². The van der Waals surface area contributed by atoms with E-state index in [4.69, 9.17) is 11.6 Å². The first-order valence-electron chi connectivity index (χ1n) is 5.84. The third kappa shape index (κ3) is 2.29. The number of aryl methyl sites for hydroxylation is 1. The van der Waals surface area contributed by atoms with Crippen LogP contribution in [-0.4, -0.2) is 15.2 Å². The Bertz CT molecular complexity index is 731. The molecule has 2 aromatic heterocycles. The summed E-state index contributed by atoms with van der Waals surface area (Å²) < 4.78 is 1.92. The fraction of sp³-hybridized carbons (Fsp3) is 0.143. The lowest BCUT2D eigenvalue weighted by Crippen LogP contribution is -2.05. The molecule has 0 saturated heterocycles. The van der Waals surface area contributed by atoms with Gasteiger partial charge in [0.2, 0.25) is 0 Å². The van der Waals surface area contributed by atoms with Gasteiger partial charge in [-0.3, -0.25) is 9.20 Å². The highest BCUT2D eigenvalue weighted by atomic mass is 35.5. The zero-order valence-electron chi connectivity index (χ0n) is 10.3. The van der Waals surface area contributed by atoms with E-state index in [9.17, 15) is 4.79 Å². The number of aromatic nitrogens is 2. The minimum absolute atomic E-state index is 0.000506. The van der Waals surface area contributed by atoms with Crippen molar-refractivity contribution in [3.8, 4) is 0 Å². The fourth-order valence-corrected chi connectivity index (χ4v) is 2.93. The molecular weight excluding hydrogens is 280 g/mol. The van der Waals surface area contributed by atoms with Gasteiger partial charge in [0.1, 0.15) is 0 Å². The van der Waals surface area contributed by atoms with Crippen molar-refractivity contribution in [2.75, 3.05) is 0 Å². The molecule has 3 aromatic rings. The number of rotatable bonds is 3. The van der Waals surface area contributed by atoms with Crippen molar-refractivity contribution in [3.05, 3.63) is 57.8 Å². The molecule has 3 nitrogen and oxygen atoms in total. The molecule has 96 valence electrons. The third-order valence-electron chi connectivity index (χ3n) is 2.98. The van der Waals surface area contributed by atoms with E-state index in [0.717, 1.165) is 16.2 Å². The van der Waals surface area contributed by atoms with Crippen LogP contribution in [-0.2, 0) is 6.42 Å². The van der Waals surface area contributed by atoms with Crippen LogP contribution in [0.25, 0.3) is 4.96 Å². The van der Waals surface area contributed by atoms with Crippen molar-refractivity contribution in [2.45, 2.75) is 13.3 Å². The number of imidazole rings is 1. The third-order valence-corrected chi connectivity index (χ3v) is 4.25. The average Bonchev–Trinajstić information content (AvgIpc) is 2.93. The average molecular weight is 291 g/mol. The molecule has 19 heavy (non-hydrogen) atoms. The van der Waals surface area contributed by atoms with Gasteiger partial charge in [-0.2, -0.15) is 0 Å². The maximum atomic E-state index is 12.3. The number of thiazole rings is 1. The number of Topliss-reactive ketones (excluding diaryl/α,β-unsaturated/α-hetero) is 1. The zero-order chi connectivity index (χ0) is 13.4. The van der Waals surface area contributed by atoms with Crippen LogP contribution in [0, 0.1) is 6.92 Å². The highest BCUT2D eigenvalue weighted by Gasteiger charge is 2.14. The fourth-order valence-electron chi connectivity index (χ4n) is 1.98. The van der Waals surface area contributed by atoms with E-state index >= 15 is 0 Å². The second-order valence-corrected chi connectivity index (χ2v) is 5.61. The van der Waals surface area contributed by atoms with Crippen LogP contribution in [0.15, 0.2) is 36.0 Å². The summed E-state index contributed by atoms with van der Waals surface area (Å²) in [6.07, 6.45) is 4.09. The van der Waals surface area contributed by atoms with Gasteiger partial charge in [-0.15, -0.1) is 11.3 Å². The van der Waals surface area contributed by atoms with Crippen molar-refractivity contribution in [2.24, 2.45) is 0 Å². The van der Waals surface area contributed by atoms with E-state index in [1.165, 1.54) is 0 Å². The quantitative estimate of drug-likeness (QED) is 0.688. The Morgan fingerprint density at radius 2 is 2.32 bits per heavy atom. The zero-order valence-corrected chi connectivity index (χ0v) is 11.8. The van der Waals surface area contributed by atoms with Crippen molar-refractivity contribution < 1.29 is 4.79 Å². The van der Waals surface area contributed by atoms with Crippen LogP contribution in [0.5, 0.6) is 0 Å². The highest BCUT2D eigenvalue weighted by Crippen LogP contribution is 2.22. The van der Waals surface area contributed by atoms with Crippen LogP contribution in [0.3, 0.4) is 0 Å². The lowest BCUT2D eigenvalue weighted by Gasteiger charge is -2.04. The van der Waals surface area contributed by atoms with Crippen LogP contribution < -0.4 is 0 Å². The molecule has 0 unspecified atom stereocenters. The number of benzene rings is 1. The van der Waals surface area contributed by atoms with Crippen molar-refractivity contribution >= 4 is 33.7 Å². The van der Waals surface area contributed by atoms with Gasteiger partial charge in [-0.25, -0.2) is 4.98 Å². The smallest absolute Gasteiger partial charge is 0.193 e. The van der Waals surface area contributed by atoms with Gasteiger partial charge < -0.3 is 0 Å². The summed E-state index contributed by atoms with van der Waals surface area (Å²) in [6, 6.07) is 5.50. The Balaban J connectivity index is 1.88. The largest absolute Gasteiger partial charge is 0.297 e. The first-order chi connectivity index (χ1) is 9.15. The molecule has 0 radical (unpaired) electrons. The SMILES string of the molecule is Cc1cccc(C(=O)Cc2cn3ccsc3n2)c1Cl. The molecule has 0 fully saturated rings. The van der Waals surface area contributed by atoms with Crippen molar-refractivity contribution in [1.82, 2.24) is 9.38 Å². The first kappa shape index (κ1) is 12.4. The summed E-state index contributed by atoms with van der Waals surface area (Å²) in [6.45, 7) is 1.89. The maximum absolute atomic E-state index is 12.3. The highest BCUT2D eigenvalue weighted by molar-refractivity contribution is 7.15. The molecule has 0 atom stereocenters. The summed E-state index contributed by atoms with van der Waals surface area (Å²) in [4.78, 5) is 17.6. The molecule has 3 rings (SSSR count). The van der Waals surface area contributed by atoms with Crippen LogP contribution in [0.2, 0.25) is 5.02 Å². The minimum Gasteiger partial charge on any atom is -0.297 e. The number of ketones is 1. The molecule has 0 saturated carbocycles. The second kappa shape index (κ2) is 4.79. The lowest BCUT2D eigenvalue weighted by atomic mass is 10.0. The molecule has 0 bridgehead atoms. The topological polar surface area (TPSA) is 34.4 Å². The molecule has 0 aliphatic heterocycles. The lowest BCUT2D eigenvalue weighted by molar-refractivity contribution is 0.0992. The van der Waals surface area contributed by atoms with Crippen LogP contribution in [0.1, 0.15) is 21.6 Å². The maximum Gasteiger partial charge on any atom is 0.193 e. The minimum atomic E-state index is -0.000506. The van der Waals surface area contributed by atoms with Gasteiger partial charge in [0.25, 0.3) is 0 Å². The first-order valence-corrected chi connectivity index (χ1v) is 7.10. The van der Waals surface area contributed by atoms with E-state index < -0.39 is 0 Å². The normalized spacial score (nSPS) is 11.1. The van der Waals surface area contributed by atoms with Gasteiger partial charge in [0.05, 0.1) is 17.1 Å². The number of nitrogens with zero attached hydrogens (tertiary/aromatic N) is 2. The summed E-state index contributed by atoms with van der Waals surface area (Å²) in [7, 11) is 0. The molecular formula is C14H11ClN2OS. The van der Waals surface area contributed by atoms with Crippen LogP contribution in [0.4, 0.5) is 0 Å². The van der Waals surface area contributed by atoms with Crippen molar-refractivity contribution in [3.63, 3.8) is 0 Å². The molecule has 0 spiro atoms. The Hall–Kier alpha value is -1.65. The summed E-state index contributed by atoms with van der Waals surface area (Å²) in [5.74, 6) is -0.000506. The second-order valence-electron chi connectivity index (χ2n) is 4.36. The van der Waals surface area contributed by atoms with E-state index in [1.807, 2.05) is 41.2 Å². The van der Waals surface area contributed by atoms with Gasteiger partial charge in [-0.05, 0) is 18.6 Å². The Morgan fingerprint density at radius 3 is 3.11 bits per heavy atom. The Kier molecular flexibility index (Phi) is 3.12. The van der Waals surface area contributed by atoms with E-state index in [0.29, 0.717) is 10.6 Å². The molecule has 2 heterocycles. The van der Waals surface area contributed by atoms with Gasteiger partial charge in [0, 0.05) is 23.3 Å². The van der Waals surface area contributed by atoms with E-state index in [-0.39, 0.29) is 12.2 Å². The predicted octanol–water partition coefficient (Wildman–Crippen LogP) is 3.78. The number of carbonyl (C=O) groups excluding carboxylic acids is 1. The predicted molar refractivity (Wildman–Crippen MR) is 77.3 cm³/mol. The number of fused-ring (bicyclic) bond motifs is 1. The Morgan fingerprint density at radius 1 is 1.47 bits per heavy atom. The molecule has 0 amide bonds. The molecule has 5 heteroatoms. The van der Waals surface area contributed by atoms with Gasteiger partial charge >= 0.3 is 0 Å². The molecule has 0 aliphatic rings. The monoisotopic (exact) mass is 290 g/mol. The van der Waals surface area contributed by atoms with Crippen molar-refractivity contribution in [1.29, 1.82) is 0 Å². The summed E-state index contributed by atoms with van der Waals surface area (Å²) >= 11 is 7.72. The number of carbonyl (C=O) groups is 1. The van der Waals surface area contributed by atoms with Crippen LogP contribution >= 0.6 is 22.9 Å². The standard InChI is InChI=1S/C14H11ClN2OS/c1-9-3-2-4-11(13(9)15)12(18)7-10-8-17-5-6-19-14(17)16-10/h2-6,8H,7H2,1H3. The Labute approximate surface area is 119 Å². The summed E-state index contributed by atoms with van der Waals surface area (Å²) in [5, 5.41) is 2.50. The van der Waals surface area contributed by atoms with Gasteiger partial charge in [-0.1, -0.05) is 23.7 Å². The van der Waals surface area contributed by atoms with E-state index in [1.54, 1.807) is 17.4 Å². The molecule has 1 aromatic carbocycles. The summed E-state index contributed by atoms with van der Waals surface area (Å²) in [5.41, 5.74) is 2.26.